The van der Waals surface area contributed by atoms with Crippen LogP contribution in [-0.2, 0) is 11.3 Å². The Morgan fingerprint density at radius 3 is 2.65 bits per heavy atom. The van der Waals surface area contributed by atoms with E-state index in [4.69, 9.17) is 0 Å². The molecule has 1 amide bonds. The molecule has 2 aromatic heterocycles. The van der Waals surface area contributed by atoms with E-state index in [1.807, 2.05) is 52.7 Å². The molecule has 4 rings (SSSR count). The van der Waals surface area contributed by atoms with Gasteiger partial charge in [-0.25, -0.2) is 0 Å². The van der Waals surface area contributed by atoms with Gasteiger partial charge in [-0.2, -0.15) is 4.80 Å². The van der Waals surface area contributed by atoms with Crippen molar-refractivity contribution in [2.45, 2.75) is 44.7 Å². The number of tetrazole rings is 1. The van der Waals surface area contributed by atoms with E-state index in [-0.39, 0.29) is 18.5 Å². The molecule has 7 heteroatoms. The smallest absolute Gasteiger partial charge is 0.250 e. The second kappa shape index (κ2) is 7.78. The van der Waals surface area contributed by atoms with Gasteiger partial charge < -0.3 is 4.90 Å². The summed E-state index contributed by atoms with van der Waals surface area (Å²) in [5, 5.41) is 14.5. The molecule has 1 aromatic carbocycles. The quantitative estimate of drug-likeness (QED) is 0.689. The fraction of sp³-hybridized carbons (Fsp3) is 0.368. The van der Waals surface area contributed by atoms with E-state index in [0.717, 1.165) is 23.4 Å². The first-order chi connectivity index (χ1) is 12.8. The molecular weight excluding hydrogens is 346 g/mol. The van der Waals surface area contributed by atoms with E-state index in [1.165, 1.54) is 24.1 Å². The van der Waals surface area contributed by atoms with Gasteiger partial charge >= 0.3 is 0 Å². The minimum atomic E-state index is 0.0122. The zero-order valence-corrected chi connectivity index (χ0v) is 15.3. The highest BCUT2D eigenvalue weighted by molar-refractivity contribution is 7.13. The van der Waals surface area contributed by atoms with Crippen LogP contribution in [0.3, 0.4) is 0 Å². The summed E-state index contributed by atoms with van der Waals surface area (Å²) in [5.41, 5.74) is 0.947. The third-order valence-electron chi connectivity index (χ3n) is 4.71. The average molecular weight is 367 g/mol. The van der Waals surface area contributed by atoms with Crippen LogP contribution in [0.25, 0.3) is 10.7 Å². The summed E-state index contributed by atoms with van der Waals surface area (Å²) in [6.45, 7) is 0.101. The van der Waals surface area contributed by atoms with Gasteiger partial charge in [0.05, 0.1) is 4.88 Å². The molecule has 1 saturated carbocycles. The van der Waals surface area contributed by atoms with E-state index in [0.29, 0.717) is 5.82 Å². The fourth-order valence-electron chi connectivity index (χ4n) is 3.50. The lowest BCUT2D eigenvalue weighted by molar-refractivity contribution is -0.120. The van der Waals surface area contributed by atoms with Crippen molar-refractivity contribution in [2.24, 2.45) is 0 Å². The first-order valence-electron chi connectivity index (χ1n) is 9.00. The van der Waals surface area contributed by atoms with Crippen LogP contribution < -0.4 is 4.90 Å². The third kappa shape index (κ3) is 3.67. The largest absolute Gasteiger partial charge is 0.308 e. The molecular formula is C19H21N5OS. The van der Waals surface area contributed by atoms with Gasteiger partial charge in [0.25, 0.3) is 5.91 Å². The molecule has 0 saturated heterocycles. The molecule has 134 valence electrons. The van der Waals surface area contributed by atoms with Crippen molar-refractivity contribution in [3.8, 4) is 10.7 Å². The van der Waals surface area contributed by atoms with E-state index < -0.39 is 0 Å². The van der Waals surface area contributed by atoms with E-state index in [9.17, 15) is 4.79 Å². The van der Waals surface area contributed by atoms with Gasteiger partial charge in [-0.1, -0.05) is 43.5 Å². The Labute approximate surface area is 156 Å². The Morgan fingerprint density at radius 2 is 1.92 bits per heavy atom. The highest BCUT2D eigenvalue weighted by Crippen LogP contribution is 2.27. The van der Waals surface area contributed by atoms with Gasteiger partial charge in [-0.3, -0.25) is 4.79 Å². The van der Waals surface area contributed by atoms with Crippen LogP contribution in [0.1, 0.15) is 32.1 Å². The average Bonchev–Trinajstić information content (AvgIpc) is 3.35. The molecule has 1 aliphatic rings. The highest BCUT2D eigenvalue weighted by Gasteiger charge is 2.27. The van der Waals surface area contributed by atoms with E-state index in [1.54, 1.807) is 11.3 Å². The van der Waals surface area contributed by atoms with Gasteiger partial charge in [-0.05, 0) is 41.6 Å². The van der Waals surface area contributed by atoms with Gasteiger partial charge in [0, 0.05) is 11.7 Å². The number of anilines is 1. The molecule has 6 nitrogen and oxygen atoms in total. The number of hydrogen-bond donors (Lipinski definition) is 0. The molecule has 0 spiro atoms. The van der Waals surface area contributed by atoms with Crippen molar-refractivity contribution in [2.75, 3.05) is 4.90 Å². The summed E-state index contributed by atoms with van der Waals surface area (Å²) in [5.74, 6) is 0.579. The maximum atomic E-state index is 13.1. The van der Waals surface area contributed by atoms with Crippen molar-refractivity contribution in [1.82, 2.24) is 20.2 Å². The summed E-state index contributed by atoms with van der Waals surface area (Å²) < 4.78 is 0. The predicted octanol–water partition coefficient (Wildman–Crippen LogP) is 3.77. The lowest BCUT2D eigenvalue weighted by atomic mass is 9.93. The molecule has 3 aromatic rings. The lowest BCUT2D eigenvalue weighted by Gasteiger charge is -2.34. The number of carbonyl (C=O) groups excluding carboxylic acids is 1. The van der Waals surface area contributed by atoms with Crippen LogP contribution in [0.15, 0.2) is 47.8 Å². The van der Waals surface area contributed by atoms with Crippen LogP contribution in [0.5, 0.6) is 0 Å². The molecule has 0 radical (unpaired) electrons. The standard InChI is InChI=1S/C19H21N5OS/c25-18(14-23-21-19(20-22-23)17-12-7-13-26-17)24(15-8-3-1-4-9-15)16-10-5-2-6-11-16/h1,3-4,7-9,12-13,16H,2,5-6,10-11,14H2. The molecule has 1 fully saturated rings. The van der Waals surface area contributed by atoms with Crippen molar-refractivity contribution in [1.29, 1.82) is 0 Å². The molecule has 0 atom stereocenters. The Bertz CT molecular complexity index is 840. The number of aromatic nitrogens is 4. The van der Waals surface area contributed by atoms with Crippen LogP contribution >= 0.6 is 11.3 Å². The summed E-state index contributed by atoms with van der Waals surface area (Å²) in [6.07, 6.45) is 5.69. The number of amides is 1. The summed E-state index contributed by atoms with van der Waals surface area (Å²) in [6, 6.07) is 14.1. The Morgan fingerprint density at radius 1 is 1.12 bits per heavy atom. The number of nitrogens with zero attached hydrogens (tertiary/aromatic N) is 5. The number of para-hydroxylation sites is 1. The second-order valence-electron chi connectivity index (χ2n) is 6.51. The highest BCUT2D eigenvalue weighted by atomic mass is 32.1. The molecule has 26 heavy (non-hydrogen) atoms. The van der Waals surface area contributed by atoms with Gasteiger partial charge in [0.1, 0.15) is 6.54 Å². The number of benzene rings is 1. The minimum absolute atomic E-state index is 0.0122. The van der Waals surface area contributed by atoms with Crippen molar-refractivity contribution < 1.29 is 4.79 Å². The monoisotopic (exact) mass is 367 g/mol. The number of carbonyl (C=O) groups is 1. The molecule has 0 N–H and O–H groups in total. The first-order valence-corrected chi connectivity index (χ1v) is 9.88. The van der Waals surface area contributed by atoms with Crippen molar-refractivity contribution in [3.63, 3.8) is 0 Å². The van der Waals surface area contributed by atoms with E-state index in [2.05, 4.69) is 15.4 Å². The number of rotatable bonds is 5. The zero-order valence-electron chi connectivity index (χ0n) is 14.5. The van der Waals surface area contributed by atoms with Crippen molar-refractivity contribution >= 4 is 22.9 Å². The van der Waals surface area contributed by atoms with Crippen molar-refractivity contribution in [3.05, 3.63) is 47.8 Å². The topological polar surface area (TPSA) is 63.9 Å². The van der Waals surface area contributed by atoms with Gasteiger partial charge in [-0.15, -0.1) is 21.5 Å². The molecule has 0 bridgehead atoms. The van der Waals surface area contributed by atoms with Crippen LogP contribution in [0, 0.1) is 0 Å². The summed E-state index contributed by atoms with van der Waals surface area (Å²) >= 11 is 1.56. The summed E-state index contributed by atoms with van der Waals surface area (Å²) in [4.78, 5) is 17.4. The minimum Gasteiger partial charge on any atom is -0.308 e. The maximum absolute atomic E-state index is 13.1. The molecule has 1 aliphatic carbocycles. The second-order valence-corrected chi connectivity index (χ2v) is 7.46. The van der Waals surface area contributed by atoms with Crippen LogP contribution in [0.4, 0.5) is 5.69 Å². The third-order valence-corrected chi connectivity index (χ3v) is 5.58. The maximum Gasteiger partial charge on any atom is 0.250 e. The summed E-state index contributed by atoms with van der Waals surface area (Å²) in [7, 11) is 0. The first kappa shape index (κ1) is 16.9. The number of hydrogen-bond acceptors (Lipinski definition) is 5. The molecule has 0 unspecified atom stereocenters. The Hall–Kier alpha value is -2.54. The van der Waals surface area contributed by atoms with Gasteiger partial charge in [0.15, 0.2) is 0 Å². The predicted molar refractivity (Wildman–Crippen MR) is 102 cm³/mol. The Balaban J connectivity index is 1.54. The fourth-order valence-corrected chi connectivity index (χ4v) is 4.15. The number of thiophene rings is 1. The molecule has 0 aliphatic heterocycles. The van der Waals surface area contributed by atoms with Crippen LogP contribution in [0.2, 0.25) is 0 Å². The van der Waals surface area contributed by atoms with Gasteiger partial charge in [0.2, 0.25) is 5.82 Å². The molecule has 2 heterocycles. The normalized spacial score (nSPS) is 15.1. The van der Waals surface area contributed by atoms with Crippen LogP contribution in [-0.4, -0.2) is 32.2 Å². The SMILES string of the molecule is O=C(Cn1nnc(-c2cccs2)n1)N(c1ccccc1)C1CCCCC1. The van der Waals surface area contributed by atoms with E-state index >= 15 is 0 Å². The Kier molecular flexibility index (Phi) is 5.06. The lowest BCUT2D eigenvalue weighted by Crippen LogP contribution is -2.43. The zero-order chi connectivity index (χ0) is 17.8.